The van der Waals surface area contributed by atoms with Gasteiger partial charge < -0.3 is 5.32 Å². The van der Waals surface area contributed by atoms with Crippen LogP contribution in [0.1, 0.15) is 24.3 Å². The second-order valence-electron chi connectivity index (χ2n) is 6.11. The van der Waals surface area contributed by atoms with Gasteiger partial charge in [0, 0.05) is 35.3 Å². The molecule has 4 rings (SSSR count). The van der Waals surface area contributed by atoms with Gasteiger partial charge in [0.05, 0.1) is 5.52 Å². The van der Waals surface area contributed by atoms with Gasteiger partial charge in [-0.2, -0.15) is 0 Å². The summed E-state index contributed by atoms with van der Waals surface area (Å²) in [5.74, 6) is 2.17. The molecule has 3 nitrogen and oxygen atoms in total. The molecule has 1 aliphatic rings. The standard InChI is InChI=1S/C19H18ClN3/c20-15-7-5-14(6-8-15)17(13-3-4-13)12-23-19-16-2-1-10-21-18(16)9-11-22-19/h1-2,5-11,13,17H,3-4,12H2,(H,22,23). The van der Waals surface area contributed by atoms with Crippen molar-refractivity contribution < 1.29 is 0 Å². The number of pyridine rings is 2. The predicted molar refractivity (Wildman–Crippen MR) is 94.9 cm³/mol. The van der Waals surface area contributed by atoms with Crippen molar-refractivity contribution >= 4 is 28.3 Å². The van der Waals surface area contributed by atoms with E-state index in [2.05, 4.69) is 33.5 Å². The summed E-state index contributed by atoms with van der Waals surface area (Å²) in [5, 5.41) is 5.40. The summed E-state index contributed by atoms with van der Waals surface area (Å²) >= 11 is 6.02. The number of hydrogen-bond donors (Lipinski definition) is 1. The van der Waals surface area contributed by atoms with E-state index in [1.807, 2.05) is 36.7 Å². The molecule has 4 heteroatoms. The summed E-state index contributed by atoms with van der Waals surface area (Å²) < 4.78 is 0. The van der Waals surface area contributed by atoms with Crippen LogP contribution in [0.4, 0.5) is 5.82 Å². The van der Waals surface area contributed by atoms with Crippen LogP contribution in [0, 0.1) is 5.92 Å². The summed E-state index contributed by atoms with van der Waals surface area (Å²) in [6.45, 7) is 0.882. The predicted octanol–water partition coefficient (Wildman–Crippen LogP) is 4.89. The molecule has 1 saturated carbocycles. The summed E-state index contributed by atoms with van der Waals surface area (Å²) in [6, 6.07) is 14.2. The zero-order valence-corrected chi connectivity index (χ0v) is 13.5. The van der Waals surface area contributed by atoms with Crippen molar-refractivity contribution in [2.45, 2.75) is 18.8 Å². The van der Waals surface area contributed by atoms with Gasteiger partial charge in [0.25, 0.3) is 0 Å². The Kier molecular flexibility index (Phi) is 3.88. The second kappa shape index (κ2) is 6.17. The zero-order chi connectivity index (χ0) is 15.6. The third-order valence-electron chi connectivity index (χ3n) is 4.51. The molecule has 1 fully saturated rings. The second-order valence-corrected chi connectivity index (χ2v) is 6.54. The molecule has 1 aliphatic carbocycles. The number of rotatable bonds is 5. The Bertz CT molecular complexity index is 807. The molecule has 2 aromatic heterocycles. The molecule has 0 spiro atoms. The first-order valence-corrected chi connectivity index (χ1v) is 8.38. The van der Waals surface area contributed by atoms with E-state index in [0.717, 1.165) is 34.2 Å². The average molecular weight is 324 g/mol. The Labute approximate surface area is 140 Å². The highest BCUT2D eigenvalue weighted by molar-refractivity contribution is 6.30. The van der Waals surface area contributed by atoms with E-state index in [0.29, 0.717) is 5.92 Å². The van der Waals surface area contributed by atoms with Crippen molar-refractivity contribution in [1.29, 1.82) is 0 Å². The van der Waals surface area contributed by atoms with Crippen LogP contribution in [0.3, 0.4) is 0 Å². The number of anilines is 1. The minimum absolute atomic E-state index is 0.501. The van der Waals surface area contributed by atoms with Crippen molar-refractivity contribution in [3.05, 3.63) is 65.4 Å². The van der Waals surface area contributed by atoms with Crippen LogP contribution in [0.15, 0.2) is 54.9 Å². The van der Waals surface area contributed by atoms with Crippen LogP contribution in [-0.2, 0) is 0 Å². The number of halogens is 1. The Balaban J connectivity index is 1.57. The van der Waals surface area contributed by atoms with Crippen molar-refractivity contribution in [2.75, 3.05) is 11.9 Å². The highest BCUT2D eigenvalue weighted by Gasteiger charge is 2.32. The van der Waals surface area contributed by atoms with Gasteiger partial charge in [0.1, 0.15) is 5.82 Å². The highest BCUT2D eigenvalue weighted by atomic mass is 35.5. The van der Waals surface area contributed by atoms with Gasteiger partial charge in [0.15, 0.2) is 0 Å². The van der Waals surface area contributed by atoms with E-state index in [9.17, 15) is 0 Å². The van der Waals surface area contributed by atoms with E-state index in [1.54, 1.807) is 0 Å². The van der Waals surface area contributed by atoms with Crippen LogP contribution >= 0.6 is 11.6 Å². The third-order valence-corrected chi connectivity index (χ3v) is 4.76. The molecule has 0 radical (unpaired) electrons. The first-order valence-electron chi connectivity index (χ1n) is 8.00. The molecule has 0 bridgehead atoms. The molecule has 0 aliphatic heterocycles. The van der Waals surface area contributed by atoms with Crippen molar-refractivity contribution in [3.8, 4) is 0 Å². The van der Waals surface area contributed by atoms with E-state index >= 15 is 0 Å². The maximum atomic E-state index is 6.02. The first kappa shape index (κ1) is 14.5. The van der Waals surface area contributed by atoms with E-state index in [1.165, 1.54) is 18.4 Å². The van der Waals surface area contributed by atoms with E-state index in [4.69, 9.17) is 11.6 Å². The molecule has 1 aromatic carbocycles. The lowest BCUT2D eigenvalue weighted by Gasteiger charge is -2.18. The minimum atomic E-state index is 0.501. The summed E-state index contributed by atoms with van der Waals surface area (Å²) in [6.07, 6.45) is 6.23. The number of fused-ring (bicyclic) bond motifs is 1. The lowest BCUT2D eigenvalue weighted by molar-refractivity contribution is 0.632. The Morgan fingerprint density at radius 1 is 1.04 bits per heavy atom. The molecule has 1 atom stereocenters. The monoisotopic (exact) mass is 323 g/mol. The number of nitrogens with one attached hydrogen (secondary N) is 1. The van der Waals surface area contributed by atoms with Gasteiger partial charge in [-0.1, -0.05) is 23.7 Å². The summed E-state index contributed by atoms with van der Waals surface area (Å²) in [5.41, 5.74) is 2.32. The van der Waals surface area contributed by atoms with E-state index in [-0.39, 0.29) is 0 Å². The van der Waals surface area contributed by atoms with Crippen LogP contribution in [0.2, 0.25) is 5.02 Å². The maximum absolute atomic E-state index is 6.02. The van der Waals surface area contributed by atoms with Crippen LogP contribution in [0.5, 0.6) is 0 Å². The van der Waals surface area contributed by atoms with Gasteiger partial charge >= 0.3 is 0 Å². The van der Waals surface area contributed by atoms with Crippen LogP contribution in [0.25, 0.3) is 10.9 Å². The molecule has 23 heavy (non-hydrogen) atoms. The quantitative estimate of drug-likeness (QED) is 0.726. The SMILES string of the molecule is Clc1ccc(C(CNc2nccc3ncccc23)C2CC2)cc1. The van der Waals surface area contributed by atoms with Gasteiger partial charge in [-0.3, -0.25) is 4.98 Å². The largest absolute Gasteiger partial charge is 0.369 e. The van der Waals surface area contributed by atoms with Gasteiger partial charge in [0.2, 0.25) is 0 Å². The van der Waals surface area contributed by atoms with Crippen molar-refractivity contribution in [3.63, 3.8) is 0 Å². The third kappa shape index (κ3) is 3.15. The number of benzene rings is 1. The summed E-state index contributed by atoms with van der Waals surface area (Å²) in [4.78, 5) is 8.88. The van der Waals surface area contributed by atoms with Gasteiger partial charge in [-0.05, 0) is 54.7 Å². The molecular weight excluding hydrogens is 306 g/mol. The molecular formula is C19H18ClN3. The molecule has 1 unspecified atom stereocenters. The fraction of sp³-hybridized carbons (Fsp3) is 0.263. The molecule has 1 N–H and O–H groups in total. The summed E-state index contributed by atoms with van der Waals surface area (Å²) in [7, 11) is 0. The van der Waals surface area contributed by atoms with Gasteiger partial charge in [-0.25, -0.2) is 4.98 Å². The first-order chi connectivity index (χ1) is 11.3. The van der Waals surface area contributed by atoms with Crippen LogP contribution in [-0.4, -0.2) is 16.5 Å². The fourth-order valence-electron chi connectivity index (χ4n) is 3.12. The molecule has 2 heterocycles. The number of hydrogen-bond acceptors (Lipinski definition) is 3. The Morgan fingerprint density at radius 3 is 2.65 bits per heavy atom. The zero-order valence-electron chi connectivity index (χ0n) is 12.7. The minimum Gasteiger partial charge on any atom is -0.369 e. The van der Waals surface area contributed by atoms with Gasteiger partial charge in [-0.15, -0.1) is 0 Å². The van der Waals surface area contributed by atoms with Crippen molar-refractivity contribution in [2.24, 2.45) is 5.92 Å². The molecule has 0 saturated heterocycles. The fourth-order valence-corrected chi connectivity index (χ4v) is 3.24. The normalized spacial score (nSPS) is 15.5. The smallest absolute Gasteiger partial charge is 0.135 e. The molecule has 0 amide bonds. The number of aromatic nitrogens is 2. The number of nitrogens with zero attached hydrogens (tertiary/aromatic N) is 2. The molecule has 3 aromatic rings. The van der Waals surface area contributed by atoms with E-state index < -0.39 is 0 Å². The van der Waals surface area contributed by atoms with Crippen molar-refractivity contribution in [1.82, 2.24) is 9.97 Å². The lowest BCUT2D eigenvalue weighted by atomic mass is 9.94. The highest BCUT2D eigenvalue weighted by Crippen LogP contribution is 2.43. The topological polar surface area (TPSA) is 37.8 Å². The Morgan fingerprint density at radius 2 is 1.87 bits per heavy atom. The molecule has 116 valence electrons. The average Bonchev–Trinajstić information content (AvgIpc) is 3.42. The maximum Gasteiger partial charge on any atom is 0.135 e. The Hall–Kier alpha value is -2.13. The lowest BCUT2D eigenvalue weighted by Crippen LogP contribution is -2.15. The van der Waals surface area contributed by atoms with Crippen LogP contribution < -0.4 is 5.32 Å².